The molecular formula is C16H15NS. The zero-order valence-corrected chi connectivity index (χ0v) is 10.9. The predicted molar refractivity (Wildman–Crippen MR) is 80.0 cm³/mol. The molecule has 0 aliphatic carbocycles. The van der Waals surface area contributed by atoms with Crippen molar-refractivity contribution in [3.8, 4) is 11.1 Å². The van der Waals surface area contributed by atoms with E-state index >= 15 is 0 Å². The lowest BCUT2D eigenvalue weighted by Crippen LogP contribution is -2.01. The average molecular weight is 253 g/mol. The molecule has 0 aliphatic heterocycles. The van der Waals surface area contributed by atoms with Crippen molar-refractivity contribution in [3.05, 3.63) is 59.5 Å². The molecule has 2 heteroatoms. The fourth-order valence-corrected chi connectivity index (χ4v) is 3.57. The second kappa shape index (κ2) is 4.92. The molecule has 0 radical (unpaired) electrons. The van der Waals surface area contributed by atoms with E-state index in [0.29, 0.717) is 6.54 Å². The molecule has 0 atom stereocenters. The molecule has 0 saturated carbocycles. The molecule has 3 aromatic rings. The largest absolute Gasteiger partial charge is 0.330 e. The quantitative estimate of drug-likeness (QED) is 0.748. The van der Waals surface area contributed by atoms with Gasteiger partial charge >= 0.3 is 0 Å². The topological polar surface area (TPSA) is 26.0 Å². The highest BCUT2D eigenvalue weighted by Gasteiger charge is 2.12. The maximum Gasteiger partial charge on any atom is 0.0352 e. The van der Waals surface area contributed by atoms with Crippen LogP contribution in [0.5, 0.6) is 0 Å². The Morgan fingerprint density at radius 1 is 0.889 bits per heavy atom. The molecule has 90 valence electrons. The first-order valence-corrected chi connectivity index (χ1v) is 6.97. The van der Waals surface area contributed by atoms with Crippen LogP contribution in [0.2, 0.25) is 0 Å². The number of nitrogens with two attached hydrogens (primary N) is 1. The lowest BCUT2D eigenvalue weighted by molar-refractivity contribution is 0.990. The van der Waals surface area contributed by atoms with E-state index in [2.05, 4.69) is 54.6 Å². The molecule has 0 unspecified atom stereocenters. The summed E-state index contributed by atoms with van der Waals surface area (Å²) in [6.07, 6.45) is 0.948. The van der Waals surface area contributed by atoms with Crippen LogP contribution in [0.4, 0.5) is 0 Å². The van der Waals surface area contributed by atoms with Crippen LogP contribution in [-0.4, -0.2) is 6.54 Å². The van der Waals surface area contributed by atoms with Gasteiger partial charge in [0.15, 0.2) is 0 Å². The van der Waals surface area contributed by atoms with E-state index in [1.54, 1.807) is 0 Å². The third-order valence-electron chi connectivity index (χ3n) is 3.10. The summed E-state index contributed by atoms with van der Waals surface area (Å²) in [6, 6.07) is 19.2. The van der Waals surface area contributed by atoms with E-state index in [-0.39, 0.29) is 0 Å². The summed E-state index contributed by atoms with van der Waals surface area (Å²) >= 11 is 1.86. The van der Waals surface area contributed by atoms with Crippen molar-refractivity contribution >= 4 is 21.4 Å². The number of benzene rings is 2. The Labute approximate surface area is 111 Å². The van der Waals surface area contributed by atoms with Crippen LogP contribution in [-0.2, 0) is 6.42 Å². The Bertz CT molecular complexity index is 655. The van der Waals surface area contributed by atoms with Crippen molar-refractivity contribution in [3.63, 3.8) is 0 Å². The molecule has 0 spiro atoms. The van der Waals surface area contributed by atoms with E-state index in [1.807, 2.05) is 11.3 Å². The number of thiophene rings is 1. The zero-order valence-electron chi connectivity index (χ0n) is 10.1. The van der Waals surface area contributed by atoms with Crippen LogP contribution in [0.1, 0.15) is 4.88 Å². The van der Waals surface area contributed by atoms with E-state index in [4.69, 9.17) is 5.73 Å². The van der Waals surface area contributed by atoms with E-state index in [0.717, 1.165) is 6.42 Å². The van der Waals surface area contributed by atoms with E-state index in [9.17, 15) is 0 Å². The van der Waals surface area contributed by atoms with Gasteiger partial charge < -0.3 is 5.73 Å². The maximum absolute atomic E-state index is 5.74. The monoisotopic (exact) mass is 253 g/mol. The summed E-state index contributed by atoms with van der Waals surface area (Å²) in [5.74, 6) is 0. The second-order valence-corrected chi connectivity index (χ2v) is 5.44. The maximum atomic E-state index is 5.74. The summed E-state index contributed by atoms with van der Waals surface area (Å²) in [5.41, 5.74) is 8.39. The highest BCUT2D eigenvalue weighted by atomic mass is 32.1. The molecule has 0 aliphatic rings. The molecule has 0 amide bonds. The number of hydrogen-bond donors (Lipinski definition) is 1. The van der Waals surface area contributed by atoms with Gasteiger partial charge in [-0.15, -0.1) is 11.3 Å². The van der Waals surface area contributed by atoms with E-state index in [1.165, 1.54) is 26.1 Å². The fourth-order valence-electron chi connectivity index (χ4n) is 2.32. The number of fused-ring (bicyclic) bond motifs is 1. The second-order valence-electron chi connectivity index (χ2n) is 4.30. The molecule has 18 heavy (non-hydrogen) atoms. The fraction of sp³-hybridized carbons (Fsp3) is 0.125. The Balaban J connectivity index is 2.28. The third kappa shape index (κ3) is 1.94. The third-order valence-corrected chi connectivity index (χ3v) is 4.33. The summed E-state index contributed by atoms with van der Waals surface area (Å²) in [4.78, 5) is 1.39. The molecule has 1 aromatic heterocycles. The van der Waals surface area contributed by atoms with Gasteiger partial charge in [0.05, 0.1) is 0 Å². The first-order valence-electron chi connectivity index (χ1n) is 6.16. The SMILES string of the molecule is NCCc1sc2ccccc2c1-c1ccccc1. The van der Waals surface area contributed by atoms with Gasteiger partial charge in [-0.3, -0.25) is 0 Å². The van der Waals surface area contributed by atoms with Crippen molar-refractivity contribution in [2.45, 2.75) is 6.42 Å². The number of hydrogen-bond acceptors (Lipinski definition) is 2. The average Bonchev–Trinajstić information content (AvgIpc) is 2.78. The van der Waals surface area contributed by atoms with Gasteiger partial charge in [-0.05, 0) is 24.6 Å². The summed E-state index contributed by atoms with van der Waals surface area (Å²) in [7, 11) is 0. The van der Waals surface area contributed by atoms with Crippen molar-refractivity contribution in [1.29, 1.82) is 0 Å². The van der Waals surface area contributed by atoms with Crippen LogP contribution in [0, 0.1) is 0 Å². The van der Waals surface area contributed by atoms with Crippen LogP contribution in [0.15, 0.2) is 54.6 Å². The first-order chi connectivity index (χ1) is 8.90. The molecular weight excluding hydrogens is 238 g/mol. The minimum Gasteiger partial charge on any atom is -0.330 e. The van der Waals surface area contributed by atoms with Gasteiger partial charge in [0.25, 0.3) is 0 Å². The van der Waals surface area contributed by atoms with Gasteiger partial charge in [-0.1, -0.05) is 48.5 Å². The lowest BCUT2D eigenvalue weighted by Gasteiger charge is -2.03. The lowest BCUT2D eigenvalue weighted by atomic mass is 10.0. The standard InChI is InChI=1S/C16H15NS/c17-11-10-15-16(12-6-2-1-3-7-12)13-8-4-5-9-14(13)18-15/h1-9H,10-11,17H2. The van der Waals surface area contributed by atoms with Crippen molar-refractivity contribution in [1.82, 2.24) is 0 Å². The summed E-state index contributed by atoms with van der Waals surface area (Å²) in [6.45, 7) is 0.701. The zero-order chi connectivity index (χ0) is 12.4. The van der Waals surface area contributed by atoms with Gasteiger partial charge in [0.1, 0.15) is 0 Å². The Morgan fingerprint density at radius 2 is 1.61 bits per heavy atom. The van der Waals surface area contributed by atoms with Crippen LogP contribution in [0.25, 0.3) is 21.2 Å². The molecule has 0 saturated heterocycles. The Kier molecular flexibility index (Phi) is 3.13. The van der Waals surface area contributed by atoms with Gasteiger partial charge in [0.2, 0.25) is 0 Å². The minimum atomic E-state index is 0.701. The molecule has 0 fully saturated rings. The van der Waals surface area contributed by atoms with Gasteiger partial charge in [-0.2, -0.15) is 0 Å². The molecule has 0 bridgehead atoms. The van der Waals surface area contributed by atoms with Crippen LogP contribution in [0.3, 0.4) is 0 Å². The van der Waals surface area contributed by atoms with Crippen molar-refractivity contribution < 1.29 is 0 Å². The Hall–Kier alpha value is -1.64. The smallest absolute Gasteiger partial charge is 0.0352 e. The van der Waals surface area contributed by atoms with Crippen LogP contribution >= 0.6 is 11.3 Å². The number of rotatable bonds is 3. The van der Waals surface area contributed by atoms with Gasteiger partial charge in [-0.25, -0.2) is 0 Å². The molecule has 3 rings (SSSR count). The van der Waals surface area contributed by atoms with Crippen molar-refractivity contribution in [2.24, 2.45) is 5.73 Å². The molecule has 2 N–H and O–H groups in total. The van der Waals surface area contributed by atoms with E-state index < -0.39 is 0 Å². The highest BCUT2D eigenvalue weighted by Crippen LogP contribution is 2.38. The summed E-state index contributed by atoms with van der Waals surface area (Å²) in [5, 5.41) is 1.34. The van der Waals surface area contributed by atoms with Crippen LogP contribution < -0.4 is 5.73 Å². The minimum absolute atomic E-state index is 0.701. The normalized spacial score (nSPS) is 10.9. The summed E-state index contributed by atoms with van der Waals surface area (Å²) < 4.78 is 1.35. The van der Waals surface area contributed by atoms with Crippen molar-refractivity contribution in [2.75, 3.05) is 6.54 Å². The molecule has 1 heterocycles. The highest BCUT2D eigenvalue weighted by molar-refractivity contribution is 7.19. The molecule has 2 aromatic carbocycles. The first kappa shape index (κ1) is 11.5. The molecule has 1 nitrogen and oxygen atoms in total. The Morgan fingerprint density at radius 3 is 2.39 bits per heavy atom. The van der Waals surface area contributed by atoms with Gasteiger partial charge in [0, 0.05) is 20.5 Å². The predicted octanol–water partition coefficient (Wildman–Crippen LogP) is 4.07.